The van der Waals surface area contributed by atoms with Gasteiger partial charge in [-0.25, -0.2) is 0 Å². The van der Waals surface area contributed by atoms with E-state index in [-0.39, 0.29) is 12.4 Å². The van der Waals surface area contributed by atoms with Crippen molar-refractivity contribution < 1.29 is 9.90 Å². The van der Waals surface area contributed by atoms with E-state index < -0.39 is 0 Å². The summed E-state index contributed by atoms with van der Waals surface area (Å²) in [6, 6.07) is 5.90. The second kappa shape index (κ2) is 7.56. The molecule has 1 aromatic carbocycles. The van der Waals surface area contributed by atoms with E-state index in [4.69, 9.17) is 0 Å². The second-order valence-corrected chi connectivity index (χ2v) is 6.18. The molecular weight excluding hydrogens is 298 g/mol. The summed E-state index contributed by atoms with van der Waals surface area (Å²) in [5, 5.41) is 18.0. The minimum atomic E-state index is -0.140. The number of aliphatic hydroxyl groups excluding tert-OH is 1. The van der Waals surface area contributed by atoms with Crippen LogP contribution in [0.2, 0.25) is 0 Å². The fraction of sp³-hybridized carbons (Fsp3) is 0.438. The Labute approximate surface area is 134 Å². The van der Waals surface area contributed by atoms with E-state index in [1.54, 1.807) is 0 Å². The number of nitrogens with zero attached hydrogens (tertiary/aromatic N) is 3. The van der Waals surface area contributed by atoms with Crippen molar-refractivity contribution in [3.8, 4) is 0 Å². The van der Waals surface area contributed by atoms with Crippen LogP contribution in [0.1, 0.15) is 40.7 Å². The molecular formula is C16H21N3O2S. The Morgan fingerprint density at radius 2 is 2.09 bits per heavy atom. The van der Waals surface area contributed by atoms with Gasteiger partial charge in [-0.1, -0.05) is 36.4 Å². The third-order valence-electron chi connectivity index (χ3n) is 3.41. The molecule has 5 nitrogen and oxygen atoms in total. The summed E-state index contributed by atoms with van der Waals surface area (Å²) in [7, 11) is 0. The number of carbonyl (C=O) groups excluding carboxylic acids is 1. The molecule has 0 saturated heterocycles. The molecule has 0 unspecified atom stereocenters. The number of aliphatic hydroxyl groups is 1. The number of aryl methyl sites for hydroxylation is 2. The normalized spacial score (nSPS) is 10.9. The predicted octanol–water partition coefficient (Wildman–Crippen LogP) is 2.77. The number of ketones is 1. The van der Waals surface area contributed by atoms with Gasteiger partial charge in [-0.05, 0) is 31.9 Å². The lowest BCUT2D eigenvalue weighted by Gasteiger charge is -2.08. The predicted molar refractivity (Wildman–Crippen MR) is 87.2 cm³/mol. The van der Waals surface area contributed by atoms with Gasteiger partial charge in [0, 0.05) is 12.1 Å². The van der Waals surface area contributed by atoms with Crippen molar-refractivity contribution in [1.82, 2.24) is 14.8 Å². The number of carbonyl (C=O) groups is 1. The van der Waals surface area contributed by atoms with Gasteiger partial charge in [0.1, 0.15) is 6.61 Å². The summed E-state index contributed by atoms with van der Waals surface area (Å²) in [6.07, 6.45) is 0.920. The summed E-state index contributed by atoms with van der Waals surface area (Å²) in [5.41, 5.74) is 2.83. The van der Waals surface area contributed by atoms with Gasteiger partial charge in [-0.3, -0.25) is 4.79 Å². The van der Waals surface area contributed by atoms with Crippen molar-refractivity contribution in [2.45, 2.75) is 45.5 Å². The third-order valence-corrected chi connectivity index (χ3v) is 4.37. The SMILES string of the molecule is CCCn1c(CO)nnc1SCC(=O)c1cc(C)ccc1C. The van der Waals surface area contributed by atoms with Crippen LogP contribution >= 0.6 is 11.8 Å². The van der Waals surface area contributed by atoms with Crippen molar-refractivity contribution in [3.05, 3.63) is 40.7 Å². The average Bonchev–Trinajstić information content (AvgIpc) is 2.90. The first-order valence-electron chi connectivity index (χ1n) is 7.33. The highest BCUT2D eigenvalue weighted by Crippen LogP contribution is 2.20. The lowest BCUT2D eigenvalue weighted by Crippen LogP contribution is -2.08. The Bertz CT molecular complexity index is 667. The van der Waals surface area contributed by atoms with E-state index in [2.05, 4.69) is 17.1 Å². The summed E-state index contributed by atoms with van der Waals surface area (Å²) in [5.74, 6) is 0.948. The molecule has 0 radical (unpaired) electrons. The summed E-state index contributed by atoms with van der Waals surface area (Å²) in [6.45, 7) is 6.58. The van der Waals surface area contributed by atoms with Gasteiger partial charge in [-0.2, -0.15) is 0 Å². The maximum Gasteiger partial charge on any atom is 0.191 e. The summed E-state index contributed by atoms with van der Waals surface area (Å²) in [4.78, 5) is 12.4. The monoisotopic (exact) mass is 319 g/mol. The van der Waals surface area contributed by atoms with E-state index >= 15 is 0 Å². The highest BCUT2D eigenvalue weighted by atomic mass is 32.2. The van der Waals surface area contributed by atoms with E-state index in [0.29, 0.717) is 16.7 Å². The topological polar surface area (TPSA) is 68.0 Å². The lowest BCUT2D eigenvalue weighted by atomic mass is 10.0. The Morgan fingerprint density at radius 3 is 2.77 bits per heavy atom. The first kappa shape index (κ1) is 16.7. The zero-order chi connectivity index (χ0) is 16.1. The molecule has 118 valence electrons. The van der Waals surface area contributed by atoms with Crippen LogP contribution in [-0.2, 0) is 13.2 Å². The molecule has 0 aliphatic heterocycles. The molecule has 0 atom stereocenters. The van der Waals surface area contributed by atoms with Crippen LogP contribution in [0.15, 0.2) is 23.4 Å². The molecule has 2 rings (SSSR count). The number of aromatic nitrogens is 3. The Balaban J connectivity index is 2.11. The number of thioether (sulfide) groups is 1. The molecule has 0 aliphatic rings. The highest BCUT2D eigenvalue weighted by molar-refractivity contribution is 7.99. The number of benzene rings is 1. The van der Waals surface area contributed by atoms with Gasteiger partial charge in [0.2, 0.25) is 0 Å². The molecule has 1 heterocycles. The highest BCUT2D eigenvalue weighted by Gasteiger charge is 2.15. The number of hydrogen-bond donors (Lipinski definition) is 1. The molecule has 0 bridgehead atoms. The largest absolute Gasteiger partial charge is 0.388 e. The summed E-state index contributed by atoms with van der Waals surface area (Å²) >= 11 is 1.37. The Kier molecular flexibility index (Phi) is 5.74. The lowest BCUT2D eigenvalue weighted by molar-refractivity contribution is 0.102. The van der Waals surface area contributed by atoms with Crippen LogP contribution in [-0.4, -0.2) is 31.4 Å². The minimum absolute atomic E-state index is 0.0859. The van der Waals surface area contributed by atoms with Crippen LogP contribution in [0.4, 0.5) is 0 Å². The molecule has 0 spiro atoms. The fourth-order valence-corrected chi connectivity index (χ4v) is 3.10. The molecule has 22 heavy (non-hydrogen) atoms. The first-order valence-corrected chi connectivity index (χ1v) is 8.31. The van der Waals surface area contributed by atoms with Crippen molar-refractivity contribution >= 4 is 17.5 Å². The standard InChI is InChI=1S/C16H21N3O2S/c1-4-7-19-15(9-20)17-18-16(19)22-10-14(21)13-8-11(2)5-6-12(13)3/h5-6,8,20H,4,7,9-10H2,1-3H3. The Morgan fingerprint density at radius 1 is 1.32 bits per heavy atom. The quantitative estimate of drug-likeness (QED) is 0.628. The Hall–Kier alpha value is -1.66. The second-order valence-electron chi connectivity index (χ2n) is 5.24. The van der Waals surface area contributed by atoms with E-state index in [9.17, 15) is 9.90 Å². The number of hydrogen-bond acceptors (Lipinski definition) is 5. The van der Waals surface area contributed by atoms with Crippen LogP contribution in [0.25, 0.3) is 0 Å². The maximum atomic E-state index is 12.4. The van der Waals surface area contributed by atoms with Crippen molar-refractivity contribution in [2.24, 2.45) is 0 Å². The molecule has 0 amide bonds. The molecule has 6 heteroatoms. The fourth-order valence-electron chi connectivity index (χ4n) is 2.24. The van der Waals surface area contributed by atoms with Crippen molar-refractivity contribution in [3.63, 3.8) is 0 Å². The van der Waals surface area contributed by atoms with Gasteiger partial charge >= 0.3 is 0 Å². The maximum absolute atomic E-state index is 12.4. The number of rotatable bonds is 7. The zero-order valence-corrected chi connectivity index (χ0v) is 14.0. The van der Waals surface area contributed by atoms with E-state index in [1.807, 2.05) is 36.6 Å². The molecule has 0 aliphatic carbocycles. The molecule has 0 saturated carbocycles. The van der Waals surface area contributed by atoms with Crippen molar-refractivity contribution in [2.75, 3.05) is 5.75 Å². The summed E-state index contributed by atoms with van der Waals surface area (Å²) < 4.78 is 1.88. The molecule has 0 fully saturated rings. The van der Waals surface area contributed by atoms with Crippen LogP contribution in [0.3, 0.4) is 0 Å². The first-order chi connectivity index (χ1) is 10.6. The van der Waals surface area contributed by atoms with Crippen molar-refractivity contribution in [1.29, 1.82) is 0 Å². The average molecular weight is 319 g/mol. The third kappa shape index (κ3) is 3.75. The van der Waals surface area contributed by atoms with Crippen LogP contribution in [0.5, 0.6) is 0 Å². The zero-order valence-electron chi connectivity index (χ0n) is 13.2. The van der Waals surface area contributed by atoms with Gasteiger partial charge in [0.25, 0.3) is 0 Å². The van der Waals surface area contributed by atoms with Crippen LogP contribution < -0.4 is 0 Å². The van der Waals surface area contributed by atoms with Gasteiger partial charge in [0.15, 0.2) is 16.8 Å². The molecule has 2 aromatic rings. The number of Topliss-reactive ketones (excluding diaryl/α,β-unsaturated/α-hetero) is 1. The van der Waals surface area contributed by atoms with Gasteiger partial charge in [-0.15, -0.1) is 10.2 Å². The molecule has 1 N–H and O–H groups in total. The van der Waals surface area contributed by atoms with E-state index in [1.165, 1.54) is 11.8 Å². The molecule has 1 aromatic heterocycles. The smallest absolute Gasteiger partial charge is 0.191 e. The van der Waals surface area contributed by atoms with Gasteiger partial charge < -0.3 is 9.67 Å². The van der Waals surface area contributed by atoms with E-state index in [0.717, 1.165) is 29.7 Å². The minimum Gasteiger partial charge on any atom is -0.388 e. The van der Waals surface area contributed by atoms with Crippen LogP contribution in [0, 0.1) is 13.8 Å². The van der Waals surface area contributed by atoms with Gasteiger partial charge in [0.05, 0.1) is 5.75 Å².